The second-order valence-electron chi connectivity index (χ2n) is 3.34. The number of aromatic nitrogens is 1. The number of halogens is 1. The maximum Gasteiger partial charge on any atom is 0.0900 e. The van der Waals surface area contributed by atoms with Crippen LogP contribution in [0.1, 0.15) is 27.2 Å². The lowest BCUT2D eigenvalue weighted by Gasteiger charge is -2.09. The molecule has 0 spiro atoms. The van der Waals surface area contributed by atoms with Crippen LogP contribution in [0.15, 0.2) is 15.2 Å². The summed E-state index contributed by atoms with van der Waals surface area (Å²) < 4.78 is 1.09. The van der Waals surface area contributed by atoms with Crippen LogP contribution >= 0.6 is 38.6 Å². The zero-order valence-electron chi connectivity index (χ0n) is 8.45. The third kappa shape index (κ3) is 2.15. The van der Waals surface area contributed by atoms with Gasteiger partial charge in [0.15, 0.2) is 0 Å². The van der Waals surface area contributed by atoms with E-state index in [1.54, 1.807) is 22.7 Å². The molecule has 2 aromatic heterocycles. The monoisotopic (exact) mass is 302 g/mol. The highest BCUT2D eigenvalue weighted by Gasteiger charge is 2.18. The van der Waals surface area contributed by atoms with Crippen LogP contribution in [0.5, 0.6) is 0 Å². The van der Waals surface area contributed by atoms with Crippen molar-refractivity contribution in [1.82, 2.24) is 4.98 Å². The molecule has 2 aromatic rings. The van der Waals surface area contributed by atoms with Gasteiger partial charge in [-0.3, -0.25) is 0 Å². The van der Waals surface area contributed by atoms with Gasteiger partial charge in [0, 0.05) is 14.7 Å². The number of rotatable bonds is 2. The van der Waals surface area contributed by atoms with E-state index in [9.17, 15) is 0 Å². The third-order valence-electron chi connectivity index (χ3n) is 2.20. The standard InChI is InChI=1S/C10H11BrN2S2/c1-5-10(15-6(2)13-5)9(12)7-3-14-4-8(7)11/h3-4,9H,12H2,1-2H3. The van der Waals surface area contributed by atoms with E-state index in [1.165, 1.54) is 0 Å². The van der Waals surface area contributed by atoms with Crippen molar-refractivity contribution in [2.24, 2.45) is 5.73 Å². The second kappa shape index (κ2) is 4.33. The lowest BCUT2D eigenvalue weighted by Crippen LogP contribution is -2.11. The second-order valence-corrected chi connectivity index (χ2v) is 6.17. The van der Waals surface area contributed by atoms with E-state index in [1.807, 2.05) is 13.8 Å². The maximum atomic E-state index is 6.22. The number of hydrogen-bond donors (Lipinski definition) is 1. The lowest BCUT2D eigenvalue weighted by molar-refractivity contribution is 0.877. The van der Waals surface area contributed by atoms with Crippen molar-refractivity contribution < 1.29 is 0 Å². The summed E-state index contributed by atoms with van der Waals surface area (Å²) in [5.41, 5.74) is 8.41. The molecule has 2 rings (SSSR count). The number of nitrogens with zero attached hydrogens (tertiary/aromatic N) is 1. The molecule has 15 heavy (non-hydrogen) atoms. The van der Waals surface area contributed by atoms with E-state index in [-0.39, 0.29) is 6.04 Å². The van der Waals surface area contributed by atoms with E-state index in [0.717, 1.165) is 25.6 Å². The zero-order chi connectivity index (χ0) is 11.0. The molecule has 0 bridgehead atoms. The molecule has 1 unspecified atom stereocenters. The van der Waals surface area contributed by atoms with Gasteiger partial charge in [0.25, 0.3) is 0 Å². The van der Waals surface area contributed by atoms with Gasteiger partial charge in [-0.2, -0.15) is 11.3 Å². The van der Waals surface area contributed by atoms with Crippen LogP contribution in [-0.4, -0.2) is 4.98 Å². The van der Waals surface area contributed by atoms with Gasteiger partial charge in [-0.15, -0.1) is 11.3 Å². The van der Waals surface area contributed by atoms with E-state index >= 15 is 0 Å². The first-order valence-corrected chi connectivity index (χ1v) is 7.06. The Morgan fingerprint density at radius 1 is 1.40 bits per heavy atom. The largest absolute Gasteiger partial charge is 0.319 e. The van der Waals surface area contributed by atoms with Gasteiger partial charge in [0.2, 0.25) is 0 Å². The third-order valence-corrected chi connectivity index (χ3v) is 5.11. The molecule has 0 amide bonds. The molecule has 0 aliphatic heterocycles. The minimum Gasteiger partial charge on any atom is -0.319 e. The Balaban J connectivity index is 2.40. The SMILES string of the molecule is Cc1nc(C)c(C(N)c2cscc2Br)s1. The molecule has 2 N–H and O–H groups in total. The van der Waals surface area contributed by atoms with Crippen LogP contribution in [0.4, 0.5) is 0 Å². The van der Waals surface area contributed by atoms with Gasteiger partial charge in [-0.05, 0) is 40.7 Å². The first kappa shape index (κ1) is 11.3. The number of aryl methyl sites for hydroxylation is 2. The van der Waals surface area contributed by atoms with Crippen LogP contribution in [-0.2, 0) is 0 Å². The number of thiophene rings is 1. The number of nitrogens with two attached hydrogens (primary N) is 1. The van der Waals surface area contributed by atoms with Crippen LogP contribution in [0, 0.1) is 13.8 Å². The maximum absolute atomic E-state index is 6.22. The Labute approximate surface area is 105 Å². The van der Waals surface area contributed by atoms with Crippen molar-refractivity contribution in [2.75, 3.05) is 0 Å². The summed E-state index contributed by atoms with van der Waals surface area (Å²) in [6.45, 7) is 4.02. The van der Waals surface area contributed by atoms with Gasteiger partial charge in [-0.25, -0.2) is 4.98 Å². The summed E-state index contributed by atoms with van der Waals surface area (Å²) in [7, 11) is 0. The fourth-order valence-electron chi connectivity index (χ4n) is 1.49. The van der Waals surface area contributed by atoms with Crippen molar-refractivity contribution in [3.63, 3.8) is 0 Å². The van der Waals surface area contributed by atoms with E-state index < -0.39 is 0 Å². The first-order chi connectivity index (χ1) is 7.09. The predicted octanol–water partition coefficient (Wildman–Crippen LogP) is 3.63. The Bertz CT molecular complexity index is 475. The summed E-state index contributed by atoms with van der Waals surface area (Å²) in [5.74, 6) is 0. The molecule has 0 aromatic carbocycles. The van der Waals surface area contributed by atoms with Gasteiger partial charge in [-0.1, -0.05) is 0 Å². The van der Waals surface area contributed by atoms with E-state index in [0.29, 0.717) is 0 Å². The summed E-state index contributed by atoms with van der Waals surface area (Å²) in [6.07, 6.45) is 0. The topological polar surface area (TPSA) is 38.9 Å². The summed E-state index contributed by atoms with van der Waals surface area (Å²) in [5, 5.41) is 5.21. The Kier molecular flexibility index (Phi) is 3.25. The summed E-state index contributed by atoms with van der Waals surface area (Å²) in [6, 6.07) is -0.0585. The van der Waals surface area contributed by atoms with Gasteiger partial charge in [0.05, 0.1) is 16.7 Å². The van der Waals surface area contributed by atoms with E-state index in [2.05, 4.69) is 31.7 Å². The number of hydrogen-bond acceptors (Lipinski definition) is 4. The van der Waals surface area contributed by atoms with Crippen molar-refractivity contribution in [3.05, 3.63) is 36.4 Å². The molecule has 0 saturated carbocycles. The van der Waals surface area contributed by atoms with Crippen molar-refractivity contribution >= 4 is 38.6 Å². The highest BCUT2D eigenvalue weighted by molar-refractivity contribution is 9.10. The van der Waals surface area contributed by atoms with Gasteiger partial charge in [0.1, 0.15) is 0 Å². The molecule has 1 atom stereocenters. The fraction of sp³-hybridized carbons (Fsp3) is 0.300. The average Bonchev–Trinajstić information content (AvgIpc) is 2.71. The first-order valence-electron chi connectivity index (χ1n) is 4.50. The minimum absolute atomic E-state index is 0.0585. The van der Waals surface area contributed by atoms with Crippen LogP contribution < -0.4 is 5.73 Å². The zero-order valence-corrected chi connectivity index (χ0v) is 11.7. The van der Waals surface area contributed by atoms with Crippen molar-refractivity contribution in [3.8, 4) is 0 Å². The predicted molar refractivity (Wildman–Crippen MR) is 69.6 cm³/mol. The summed E-state index contributed by atoms with van der Waals surface area (Å²) >= 11 is 6.85. The Morgan fingerprint density at radius 3 is 2.60 bits per heavy atom. The molecule has 0 fully saturated rings. The smallest absolute Gasteiger partial charge is 0.0900 e. The highest BCUT2D eigenvalue weighted by Crippen LogP contribution is 2.33. The molecule has 80 valence electrons. The fourth-order valence-corrected chi connectivity index (χ4v) is 4.02. The van der Waals surface area contributed by atoms with Crippen LogP contribution in [0.2, 0.25) is 0 Å². The van der Waals surface area contributed by atoms with Crippen molar-refractivity contribution in [2.45, 2.75) is 19.9 Å². The molecule has 2 nitrogen and oxygen atoms in total. The molecule has 0 aliphatic rings. The lowest BCUT2D eigenvalue weighted by atomic mass is 10.1. The van der Waals surface area contributed by atoms with Crippen LogP contribution in [0.3, 0.4) is 0 Å². The summed E-state index contributed by atoms with van der Waals surface area (Å²) in [4.78, 5) is 5.56. The Hall–Kier alpha value is -0.230. The van der Waals surface area contributed by atoms with Gasteiger partial charge >= 0.3 is 0 Å². The molecule has 0 saturated heterocycles. The molecule has 0 radical (unpaired) electrons. The number of thiazole rings is 1. The van der Waals surface area contributed by atoms with Gasteiger partial charge < -0.3 is 5.73 Å². The Morgan fingerprint density at radius 2 is 2.13 bits per heavy atom. The highest BCUT2D eigenvalue weighted by atomic mass is 79.9. The molecule has 0 aliphatic carbocycles. The van der Waals surface area contributed by atoms with E-state index in [4.69, 9.17) is 5.73 Å². The minimum atomic E-state index is -0.0585. The normalized spacial score (nSPS) is 13.1. The van der Waals surface area contributed by atoms with Crippen LogP contribution in [0.25, 0.3) is 0 Å². The molecule has 2 heterocycles. The molecular formula is C10H11BrN2S2. The van der Waals surface area contributed by atoms with Crippen molar-refractivity contribution in [1.29, 1.82) is 0 Å². The average molecular weight is 303 g/mol. The quantitative estimate of drug-likeness (QED) is 0.920. The molecular weight excluding hydrogens is 292 g/mol. The molecule has 5 heteroatoms.